The average molecular weight is 661 g/mol. The maximum Gasteiger partial charge on any atom is 0.264 e. The van der Waals surface area contributed by atoms with E-state index >= 15 is 8.78 Å². The highest BCUT2D eigenvalue weighted by molar-refractivity contribution is 5.86. The third-order valence-corrected chi connectivity index (χ3v) is 10.3. The van der Waals surface area contributed by atoms with Crippen molar-refractivity contribution in [3.05, 3.63) is 59.2 Å². The average Bonchev–Trinajstić information content (AvgIpc) is 3.72. The zero-order valence-electron chi connectivity index (χ0n) is 28.2. The number of anilines is 3. The molecule has 8 rings (SSSR count). The van der Waals surface area contributed by atoms with Crippen molar-refractivity contribution in [1.82, 2.24) is 24.1 Å². The summed E-state index contributed by atoms with van der Waals surface area (Å²) in [5.41, 5.74) is 12.9. The first-order valence-electron chi connectivity index (χ1n) is 17.5. The number of aromatic nitrogens is 4. The van der Waals surface area contributed by atoms with Gasteiger partial charge in [-0.1, -0.05) is 13.8 Å². The van der Waals surface area contributed by atoms with Gasteiger partial charge in [0.1, 0.15) is 5.65 Å². The molecule has 1 amide bonds. The number of alkyl halides is 2. The number of pyridine rings is 1. The predicted octanol–water partition coefficient (Wildman–Crippen LogP) is 5.90. The monoisotopic (exact) mass is 660 g/mol. The van der Waals surface area contributed by atoms with Crippen molar-refractivity contribution in [1.29, 1.82) is 0 Å². The van der Waals surface area contributed by atoms with Crippen LogP contribution >= 0.6 is 0 Å². The number of benzene rings is 1. The summed E-state index contributed by atoms with van der Waals surface area (Å²) in [5, 5.41) is 5.22. The number of carbonyl (C=O) groups is 1. The molecule has 0 spiro atoms. The maximum atomic E-state index is 15.1. The number of hydrogen-bond donors (Lipinski definition) is 1. The molecule has 2 N–H and O–H groups in total. The summed E-state index contributed by atoms with van der Waals surface area (Å²) in [4.78, 5) is 23.2. The molecule has 7 heterocycles. The molecular formula is C36H46F2N8O2. The molecule has 0 unspecified atom stereocenters. The Morgan fingerprint density at radius 2 is 1.85 bits per heavy atom. The summed E-state index contributed by atoms with van der Waals surface area (Å²) in [6.45, 7) is 11.0. The van der Waals surface area contributed by atoms with Crippen molar-refractivity contribution in [2.24, 2.45) is 11.7 Å². The fourth-order valence-electron chi connectivity index (χ4n) is 7.76. The second kappa shape index (κ2) is 13.5. The Balaban J connectivity index is 0.00000179. The summed E-state index contributed by atoms with van der Waals surface area (Å²) in [6.07, 6.45) is 7.07. The third kappa shape index (κ3) is 5.72. The van der Waals surface area contributed by atoms with Gasteiger partial charge in [-0.3, -0.25) is 9.48 Å². The van der Waals surface area contributed by atoms with Crippen LogP contribution < -0.4 is 15.5 Å². The number of amides is 1. The topological polar surface area (TPSA) is 97.2 Å². The smallest absolute Gasteiger partial charge is 0.264 e. The van der Waals surface area contributed by atoms with E-state index < -0.39 is 6.43 Å². The molecule has 0 saturated carbocycles. The van der Waals surface area contributed by atoms with Gasteiger partial charge in [0.05, 0.1) is 18.3 Å². The SMILES string of the molecule is CC.CC(=O)N1CCc2c(c(N3CCCc4cc(-c5cc6nccn6cc5N5CC(CN)C5)c(C(F)F)cc43)nn2C2CCOCC2)C1. The number of halogens is 2. The van der Waals surface area contributed by atoms with E-state index in [2.05, 4.69) is 19.5 Å². The lowest BCUT2D eigenvalue weighted by atomic mass is 9.90. The Bertz CT molecular complexity index is 1790. The van der Waals surface area contributed by atoms with Crippen LogP contribution in [0.4, 0.5) is 26.0 Å². The first-order valence-corrected chi connectivity index (χ1v) is 17.5. The van der Waals surface area contributed by atoms with Gasteiger partial charge in [-0.2, -0.15) is 5.10 Å². The highest BCUT2D eigenvalue weighted by atomic mass is 19.3. The van der Waals surface area contributed by atoms with Gasteiger partial charge < -0.3 is 29.6 Å². The van der Waals surface area contributed by atoms with Crippen LogP contribution in [0.2, 0.25) is 0 Å². The molecule has 2 fully saturated rings. The zero-order chi connectivity index (χ0) is 33.5. The van der Waals surface area contributed by atoms with Gasteiger partial charge in [0.2, 0.25) is 5.91 Å². The number of nitrogens with zero attached hydrogens (tertiary/aromatic N) is 7. The van der Waals surface area contributed by atoms with E-state index in [9.17, 15) is 4.79 Å². The van der Waals surface area contributed by atoms with E-state index in [0.29, 0.717) is 50.9 Å². The van der Waals surface area contributed by atoms with Crippen LogP contribution in [-0.4, -0.2) is 75.9 Å². The van der Waals surface area contributed by atoms with Crippen molar-refractivity contribution >= 4 is 28.7 Å². The van der Waals surface area contributed by atoms with Crippen LogP contribution in [-0.2, 0) is 28.9 Å². The molecule has 0 bridgehead atoms. The zero-order valence-corrected chi connectivity index (χ0v) is 28.2. The standard InChI is InChI=1S/C34H40F2N8O2.C2H6/c1-21(45)40-9-4-29-28(19-40)34(39-44(29)24-5-11-46-12-6-24)43-8-2-3-23-13-25(27(33(35)36)14-30(23)43)26-15-32-38-7-10-41(32)20-31(26)42-17-22(16-37)18-42;1-2/h7,10,13-15,20,22,24,33H,2-6,8-9,11-12,16-19,37H2,1H3;1-2H3. The Hall–Kier alpha value is -4.03. The van der Waals surface area contributed by atoms with E-state index in [1.165, 1.54) is 0 Å². The van der Waals surface area contributed by atoms with E-state index in [-0.39, 0.29) is 17.5 Å². The molecule has 4 aliphatic heterocycles. The highest BCUT2D eigenvalue weighted by Crippen LogP contribution is 2.46. The lowest BCUT2D eigenvalue weighted by Gasteiger charge is -2.41. The van der Waals surface area contributed by atoms with E-state index in [1.807, 2.05) is 47.7 Å². The van der Waals surface area contributed by atoms with Crippen molar-refractivity contribution in [3.8, 4) is 11.1 Å². The number of fused-ring (bicyclic) bond motifs is 3. The van der Waals surface area contributed by atoms with Crippen LogP contribution in [0.1, 0.15) is 74.9 Å². The normalized spacial score (nSPS) is 18.4. The van der Waals surface area contributed by atoms with E-state index in [4.69, 9.17) is 15.6 Å². The first-order chi connectivity index (χ1) is 23.4. The number of imidazole rings is 1. The largest absolute Gasteiger partial charge is 0.381 e. The second-order valence-electron chi connectivity index (χ2n) is 13.1. The van der Waals surface area contributed by atoms with Crippen LogP contribution in [0.3, 0.4) is 0 Å². The quantitative estimate of drug-likeness (QED) is 0.275. The lowest BCUT2D eigenvalue weighted by molar-refractivity contribution is -0.129. The minimum atomic E-state index is -2.68. The molecule has 4 aromatic rings. The van der Waals surface area contributed by atoms with Gasteiger partial charge in [-0.05, 0) is 61.6 Å². The lowest BCUT2D eigenvalue weighted by Crippen LogP contribution is -2.50. The molecule has 48 heavy (non-hydrogen) atoms. The van der Waals surface area contributed by atoms with Crippen molar-refractivity contribution in [2.75, 3.05) is 55.7 Å². The van der Waals surface area contributed by atoms with Gasteiger partial charge in [0.25, 0.3) is 6.43 Å². The Morgan fingerprint density at radius 3 is 2.58 bits per heavy atom. The summed E-state index contributed by atoms with van der Waals surface area (Å²) in [7, 11) is 0. The van der Waals surface area contributed by atoms with Crippen LogP contribution in [0.5, 0.6) is 0 Å². The molecular weight excluding hydrogens is 614 g/mol. The summed E-state index contributed by atoms with van der Waals surface area (Å²) < 4.78 is 40.0. The minimum absolute atomic E-state index is 0.00166. The van der Waals surface area contributed by atoms with Crippen molar-refractivity contribution in [3.63, 3.8) is 0 Å². The number of nitrogens with two attached hydrogens (primary N) is 1. The Labute approximate surface area is 280 Å². The summed E-state index contributed by atoms with van der Waals surface area (Å²) >= 11 is 0. The fraction of sp³-hybridized carbons (Fsp3) is 0.528. The Morgan fingerprint density at radius 1 is 1.06 bits per heavy atom. The molecule has 3 aromatic heterocycles. The molecule has 256 valence electrons. The Kier molecular flexibility index (Phi) is 9.12. The molecule has 12 heteroatoms. The van der Waals surface area contributed by atoms with Crippen LogP contribution in [0.25, 0.3) is 16.8 Å². The third-order valence-electron chi connectivity index (χ3n) is 10.3. The van der Waals surface area contributed by atoms with Gasteiger partial charge in [-0.15, -0.1) is 0 Å². The first kappa shape index (κ1) is 32.5. The molecule has 0 radical (unpaired) electrons. The van der Waals surface area contributed by atoms with Crippen LogP contribution in [0.15, 0.2) is 36.8 Å². The van der Waals surface area contributed by atoms with Gasteiger partial charge in [0, 0.05) is 105 Å². The fourth-order valence-corrected chi connectivity index (χ4v) is 7.76. The molecule has 2 saturated heterocycles. The van der Waals surface area contributed by atoms with E-state index in [0.717, 1.165) is 90.4 Å². The van der Waals surface area contributed by atoms with Gasteiger partial charge >= 0.3 is 0 Å². The maximum absolute atomic E-state index is 15.1. The molecule has 4 aliphatic rings. The molecule has 1 aromatic carbocycles. The number of carbonyl (C=O) groups excluding carboxylic acids is 1. The van der Waals surface area contributed by atoms with Crippen molar-refractivity contribution < 1.29 is 18.3 Å². The number of aryl methyl sites for hydroxylation is 1. The van der Waals surface area contributed by atoms with E-state index in [1.54, 1.807) is 19.2 Å². The van der Waals surface area contributed by atoms with Gasteiger partial charge in [0.15, 0.2) is 5.82 Å². The predicted molar refractivity (Wildman–Crippen MR) is 183 cm³/mol. The minimum Gasteiger partial charge on any atom is -0.381 e. The number of hydrogen-bond acceptors (Lipinski definition) is 7. The molecule has 10 nitrogen and oxygen atoms in total. The second-order valence-corrected chi connectivity index (χ2v) is 13.1. The number of rotatable bonds is 6. The van der Waals surface area contributed by atoms with Crippen molar-refractivity contribution in [2.45, 2.75) is 71.9 Å². The van der Waals surface area contributed by atoms with Crippen LogP contribution in [0, 0.1) is 5.92 Å². The summed E-state index contributed by atoms with van der Waals surface area (Å²) in [6, 6.07) is 5.82. The molecule has 0 aliphatic carbocycles. The van der Waals surface area contributed by atoms with Gasteiger partial charge in [-0.25, -0.2) is 13.8 Å². The molecule has 0 atom stereocenters. The highest BCUT2D eigenvalue weighted by Gasteiger charge is 2.35. The summed E-state index contributed by atoms with van der Waals surface area (Å²) in [5.74, 6) is 1.21. The number of ether oxygens (including phenoxy) is 1.